The Kier molecular flexibility index (Phi) is 5.60. The summed E-state index contributed by atoms with van der Waals surface area (Å²) in [6.07, 6.45) is 1.27. The maximum atomic E-state index is 14.8. The van der Waals surface area contributed by atoms with Gasteiger partial charge in [0.25, 0.3) is 17.4 Å². The van der Waals surface area contributed by atoms with Gasteiger partial charge in [0.2, 0.25) is 0 Å². The number of rotatable bonds is 5. The lowest BCUT2D eigenvalue weighted by atomic mass is 10.1. The largest absolute Gasteiger partial charge is 0.451 e. The fourth-order valence-corrected chi connectivity index (χ4v) is 2.58. The third-order valence-corrected chi connectivity index (χ3v) is 4.07. The van der Waals surface area contributed by atoms with E-state index in [4.69, 9.17) is 22.1 Å². The number of aromatic amines is 1. The lowest BCUT2D eigenvalue weighted by molar-refractivity contribution is 0.0991. The Balaban J connectivity index is 1.98. The number of benzene rings is 1. The predicted molar refractivity (Wildman–Crippen MR) is 104 cm³/mol. The fourth-order valence-electron chi connectivity index (χ4n) is 2.43. The van der Waals surface area contributed by atoms with Crippen molar-refractivity contribution in [3.8, 4) is 11.5 Å². The number of aromatic nitrogens is 2. The number of H-pyrrole nitrogens is 1. The van der Waals surface area contributed by atoms with Crippen molar-refractivity contribution in [2.24, 2.45) is 5.73 Å². The zero-order valence-electron chi connectivity index (χ0n) is 15.0. The molecule has 1 aromatic carbocycles. The molecule has 0 atom stereocenters. The zero-order valence-corrected chi connectivity index (χ0v) is 15.7. The van der Waals surface area contributed by atoms with Crippen molar-refractivity contribution in [2.45, 2.75) is 6.92 Å². The van der Waals surface area contributed by atoms with Gasteiger partial charge in [-0.25, -0.2) is 4.39 Å². The molecule has 3 aromatic rings. The predicted octanol–water partition coefficient (Wildman–Crippen LogP) is 3.01. The molecule has 4 N–H and O–H groups in total. The molecule has 2 amide bonds. The summed E-state index contributed by atoms with van der Waals surface area (Å²) >= 11 is 5.70. The molecule has 148 valence electrons. The van der Waals surface area contributed by atoms with Crippen LogP contribution in [0.15, 0.2) is 47.4 Å². The van der Waals surface area contributed by atoms with E-state index in [9.17, 15) is 18.8 Å². The van der Waals surface area contributed by atoms with E-state index in [1.54, 1.807) is 0 Å². The van der Waals surface area contributed by atoms with Crippen molar-refractivity contribution < 1.29 is 18.7 Å². The smallest absolute Gasteiger partial charge is 0.292 e. The Morgan fingerprint density at radius 1 is 1.21 bits per heavy atom. The van der Waals surface area contributed by atoms with Gasteiger partial charge in [0, 0.05) is 11.9 Å². The number of amides is 2. The normalized spacial score (nSPS) is 10.4. The molecule has 3 rings (SSSR count). The SMILES string of the molecule is Cc1ccc(Oc2ccc(Cl)[nH]c2=O)c(C(=O)Nc2ccnc(C(N)=O)c2)c1F. The Labute approximate surface area is 168 Å². The first kappa shape index (κ1) is 20.0. The number of halogens is 2. The van der Waals surface area contributed by atoms with Crippen molar-refractivity contribution in [3.05, 3.63) is 80.7 Å². The number of aryl methyl sites for hydroxylation is 1. The molecular formula is C19H14ClFN4O4. The molecule has 0 aliphatic carbocycles. The Bertz CT molecular complexity index is 1180. The number of hydrogen-bond acceptors (Lipinski definition) is 5. The summed E-state index contributed by atoms with van der Waals surface area (Å²) in [6, 6.07) is 8.10. The van der Waals surface area contributed by atoms with Gasteiger partial charge in [-0.05, 0) is 42.8 Å². The molecule has 0 aliphatic rings. The third kappa shape index (κ3) is 4.41. The first-order chi connectivity index (χ1) is 13.8. The van der Waals surface area contributed by atoms with E-state index in [2.05, 4.69) is 15.3 Å². The van der Waals surface area contributed by atoms with Crippen LogP contribution in [-0.2, 0) is 0 Å². The van der Waals surface area contributed by atoms with E-state index in [0.29, 0.717) is 0 Å². The number of carbonyl (C=O) groups excluding carboxylic acids is 2. The quantitative estimate of drug-likeness (QED) is 0.551. The van der Waals surface area contributed by atoms with Gasteiger partial charge in [-0.1, -0.05) is 17.7 Å². The Hall–Kier alpha value is -3.72. The van der Waals surface area contributed by atoms with E-state index < -0.39 is 28.8 Å². The molecule has 0 aliphatic heterocycles. The fraction of sp³-hybridized carbons (Fsp3) is 0.0526. The summed E-state index contributed by atoms with van der Waals surface area (Å²) in [7, 11) is 0. The van der Waals surface area contributed by atoms with Crippen LogP contribution in [0.1, 0.15) is 26.4 Å². The van der Waals surface area contributed by atoms with Crippen molar-refractivity contribution in [1.29, 1.82) is 0 Å². The molecule has 10 heteroatoms. The van der Waals surface area contributed by atoms with Crippen molar-refractivity contribution in [1.82, 2.24) is 9.97 Å². The summed E-state index contributed by atoms with van der Waals surface area (Å²) < 4.78 is 20.2. The number of hydrogen-bond donors (Lipinski definition) is 3. The number of pyridine rings is 2. The van der Waals surface area contributed by atoms with Crippen LogP contribution in [0.4, 0.5) is 10.1 Å². The monoisotopic (exact) mass is 416 g/mol. The van der Waals surface area contributed by atoms with Gasteiger partial charge in [0.1, 0.15) is 28.0 Å². The molecule has 0 unspecified atom stereocenters. The van der Waals surface area contributed by atoms with Gasteiger partial charge in [-0.15, -0.1) is 0 Å². The first-order valence-corrected chi connectivity index (χ1v) is 8.57. The van der Waals surface area contributed by atoms with Gasteiger partial charge in [0.05, 0.1) is 0 Å². The van der Waals surface area contributed by atoms with Crippen molar-refractivity contribution in [2.75, 3.05) is 5.32 Å². The Morgan fingerprint density at radius 2 is 1.93 bits per heavy atom. The summed E-state index contributed by atoms with van der Waals surface area (Å²) in [5.74, 6) is -2.81. The second-order valence-corrected chi connectivity index (χ2v) is 6.33. The highest BCUT2D eigenvalue weighted by atomic mass is 35.5. The molecule has 0 saturated carbocycles. The molecule has 8 nitrogen and oxygen atoms in total. The molecule has 0 bridgehead atoms. The second-order valence-electron chi connectivity index (χ2n) is 5.92. The lowest BCUT2D eigenvalue weighted by Gasteiger charge is -2.13. The van der Waals surface area contributed by atoms with Crippen LogP contribution < -0.4 is 21.3 Å². The highest BCUT2D eigenvalue weighted by Gasteiger charge is 2.22. The molecule has 0 saturated heterocycles. The second kappa shape index (κ2) is 8.11. The molecular weight excluding hydrogens is 403 g/mol. The number of nitrogens with zero attached hydrogens (tertiary/aromatic N) is 1. The van der Waals surface area contributed by atoms with E-state index >= 15 is 0 Å². The number of carbonyl (C=O) groups is 2. The van der Waals surface area contributed by atoms with E-state index in [1.165, 1.54) is 49.5 Å². The molecule has 29 heavy (non-hydrogen) atoms. The zero-order chi connectivity index (χ0) is 21.1. The number of primary amides is 1. The van der Waals surface area contributed by atoms with Crippen LogP contribution in [0.2, 0.25) is 5.15 Å². The maximum absolute atomic E-state index is 14.8. The van der Waals surface area contributed by atoms with Crippen LogP contribution in [0, 0.1) is 12.7 Å². The van der Waals surface area contributed by atoms with Crippen LogP contribution in [0.25, 0.3) is 0 Å². The van der Waals surface area contributed by atoms with Crippen molar-refractivity contribution >= 4 is 29.1 Å². The summed E-state index contributed by atoms with van der Waals surface area (Å²) in [5.41, 5.74) is 4.40. The van der Waals surface area contributed by atoms with Gasteiger partial charge < -0.3 is 20.8 Å². The standard InChI is InChI=1S/C19H14ClFN4O4/c1-9-2-3-12(29-13-4-5-14(20)25-18(13)27)15(16(9)21)19(28)24-10-6-7-23-11(8-10)17(22)26/h2-8H,1H3,(H2,22,26)(H,25,27)(H,23,24,28). The van der Waals surface area contributed by atoms with Gasteiger partial charge >= 0.3 is 0 Å². The molecule has 0 spiro atoms. The lowest BCUT2D eigenvalue weighted by Crippen LogP contribution is -2.18. The topological polar surface area (TPSA) is 127 Å². The third-order valence-electron chi connectivity index (χ3n) is 3.85. The highest BCUT2D eigenvalue weighted by molar-refractivity contribution is 6.29. The number of ether oxygens (including phenoxy) is 1. The Morgan fingerprint density at radius 3 is 2.62 bits per heavy atom. The summed E-state index contributed by atoms with van der Waals surface area (Å²) in [6.45, 7) is 1.47. The van der Waals surface area contributed by atoms with E-state index in [-0.39, 0.29) is 33.6 Å². The first-order valence-electron chi connectivity index (χ1n) is 8.19. The minimum absolute atomic E-state index is 0.0725. The minimum Gasteiger partial charge on any atom is -0.451 e. The van der Waals surface area contributed by atoms with Gasteiger partial charge in [-0.2, -0.15) is 0 Å². The molecule has 2 heterocycles. The van der Waals surface area contributed by atoms with E-state index in [0.717, 1.165) is 0 Å². The maximum Gasteiger partial charge on any atom is 0.292 e. The number of anilines is 1. The summed E-state index contributed by atoms with van der Waals surface area (Å²) in [4.78, 5) is 42.0. The van der Waals surface area contributed by atoms with Crippen molar-refractivity contribution in [3.63, 3.8) is 0 Å². The number of nitrogens with one attached hydrogen (secondary N) is 2. The highest BCUT2D eigenvalue weighted by Crippen LogP contribution is 2.29. The van der Waals surface area contributed by atoms with Crippen LogP contribution in [0.5, 0.6) is 11.5 Å². The van der Waals surface area contributed by atoms with E-state index in [1.807, 2.05) is 0 Å². The van der Waals surface area contributed by atoms with Crippen LogP contribution >= 0.6 is 11.6 Å². The van der Waals surface area contributed by atoms with Gasteiger partial charge in [0.15, 0.2) is 5.75 Å². The number of nitrogens with two attached hydrogens (primary N) is 1. The minimum atomic E-state index is -0.854. The van der Waals surface area contributed by atoms with Crippen LogP contribution in [0.3, 0.4) is 0 Å². The molecule has 2 aromatic heterocycles. The molecule has 0 fully saturated rings. The average molecular weight is 417 g/mol. The van der Waals surface area contributed by atoms with Gasteiger partial charge in [-0.3, -0.25) is 19.4 Å². The molecule has 0 radical (unpaired) electrons. The van der Waals surface area contributed by atoms with Crippen LogP contribution in [-0.4, -0.2) is 21.8 Å². The average Bonchev–Trinajstić information content (AvgIpc) is 2.67. The summed E-state index contributed by atoms with van der Waals surface area (Å²) in [5, 5.41) is 2.55.